The Balaban J connectivity index is 1.83. The maximum absolute atomic E-state index is 5.86. The molecule has 92 valence electrons. The average Bonchev–Trinajstić information content (AvgIpc) is 2.35. The summed E-state index contributed by atoms with van der Waals surface area (Å²) in [5.74, 6) is 0.604. The highest BCUT2D eigenvalue weighted by atomic mass is 35.5. The molecule has 1 aliphatic rings. The van der Waals surface area contributed by atoms with Gasteiger partial charge in [-0.3, -0.25) is 0 Å². The van der Waals surface area contributed by atoms with Gasteiger partial charge in [-0.25, -0.2) is 4.98 Å². The maximum atomic E-state index is 5.86. The summed E-state index contributed by atoms with van der Waals surface area (Å²) < 4.78 is 0. The minimum Gasteiger partial charge on any atom is -0.350 e. The van der Waals surface area contributed by atoms with E-state index in [-0.39, 0.29) is 0 Å². The molecule has 4 nitrogen and oxygen atoms in total. The van der Waals surface area contributed by atoms with Crippen LogP contribution < -0.4 is 5.32 Å². The molecule has 0 amide bonds. The summed E-state index contributed by atoms with van der Waals surface area (Å²) in [7, 11) is 0. The fourth-order valence-corrected chi connectivity index (χ4v) is 1.99. The van der Waals surface area contributed by atoms with Crippen molar-refractivity contribution in [3.63, 3.8) is 0 Å². The quantitative estimate of drug-likeness (QED) is 0.921. The molecule has 1 heterocycles. The van der Waals surface area contributed by atoms with Gasteiger partial charge in [0.1, 0.15) is 0 Å². The second kappa shape index (κ2) is 4.90. The van der Waals surface area contributed by atoms with Crippen molar-refractivity contribution in [1.82, 2.24) is 15.2 Å². The molecule has 0 radical (unpaired) electrons. The largest absolute Gasteiger partial charge is 0.350 e. The van der Waals surface area contributed by atoms with Crippen molar-refractivity contribution in [1.29, 1.82) is 0 Å². The molecule has 18 heavy (non-hydrogen) atoms. The van der Waals surface area contributed by atoms with Crippen LogP contribution in [0.3, 0.4) is 0 Å². The lowest BCUT2D eigenvalue weighted by molar-refractivity contribution is 0.442. The van der Waals surface area contributed by atoms with E-state index < -0.39 is 0 Å². The molecule has 0 aliphatic heterocycles. The molecule has 2 aromatic rings. The van der Waals surface area contributed by atoms with Crippen molar-refractivity contribution in [3.8, 4) is 11.3 Å². The predicted molar refractivity (Wildman–Crippen MR) is 71.5 cm³/mol. The van der Waals surface area contributed by atoms with Crippen LogP contribution in [0.5, 0.6) is 0 Å². The topological polar surface area (TPSA) is 50.7 Å². The zero-order valence-corrected chi connectivity index (χ0v) is 10.6. The average molecular weight is 261 g/mol. The first-order valence-electron chi connectivity index (χ1n) is 6.03. The van der Waals surface area contributed by atoms with Gasteiger partial charge in [0.25, 0.3) is 0 Å². The van der Waals surface area contributed by atoms with Gasteiger partial charge in [-0.1, -0.05) is 23.7 Å². The molecular formula is C13H13ClN4. The van der Waals surface area contributed by atoms with E-state index in [0.29, 0.717) is 17.0 Å². The maximum Gasteiger partial charge on any atom is 0.243 e. The Bertz CT molecular complexity index is 537. The third-order valence-electron chi connectivity index (χ3n) is 3.14. The molecular weight excluding hydrogens is 248 g/mol. The molecule has 0 bridgehead atoms. The second-order valence-corrected chi connectivity index (χ2v) is 4.88. The number of rotatable bonds is 3. The lowest BCUT2D eigenvalue weighted by Crippen LogP contribution is -2.28. The molecule has 0 unspecified atom stereocenters. The summed E-state index contributed by atoms with van der Waals surface area (Å²) in [4.78, 5) is 4.47. The molecule has 1 aromatic carbocycles. The van der Waals surface area contributed by atoms with Crippen molar-refractivity contribution in [2.45, 2.75) is 25.3 Å². The first kappa shape index (κ1) is 11.4. The fourth-order valence-electron chi connectivity index (χ4n) is 1.86. The Morgan fingerprint density at radius 3 is 2.61 bits per heavy atom. The number of nitrogens with one attached hydrogen (secondary N) is 1. The molecule has 1 aromatic heterocycles. The van der Waals surface area contributed by atoms with E-state index in [1.54, 1.807) is 6.20 Å². The minimum atomic E-state index is 0.507. The van der Waals surface area contributed by atoms with Crippen LogP contribution in [0.1, 0.15) is 19.3 Å². The Labute approximate surface area is 110 Å². The van der Waals surface area contributed by atoms with E-state index in [1.807, 2.05) is 24.3 Å². The summed E-state index contributed by atoms with van der Waals surface area (Å²) in [6.07, 6.45) is 5.32. The second-order valence-electron chi connectivity index (χ2n) is 4.44. The molecule has 1 N–H and O–H groups in total. The van der Waals surface area contributed by atoms with Gasteiger partial charge in [0.2, 0.25) is 5.95 Å². The van der Waals surface area contributed by atoms with Gasteiger partial charge in [0.15, 0.2) is 0 Å². The number of hydrogen-bond acceptors (Lipinski definition) is 4. The number of nitrogens with zero attached hydrogens (tertiary/aromatic N) is 3. The normalized spacial score (nSPS) is 15.2. The molecule has 1 saturated carbocycles. The van der Waals surface area contributed by atoms with E-state index in [9.17, 15) is 0 Å². The van der Waals surface area contributed by atoms with Crippen molar-refractivity contribution >= 4 is 17.5 Å². The lowest BCUT2D eigenvalue weighted by atomic mass is 9.93. The zero-order chi connectivity index (χ0) is 12.4. The predicted octanol–water partition coefficient (Wildman–Crippen LogP) is 3.16. The summed E-state index contributed by atoms with van der Waals surface area (Å²) in [5, 5.41) is 12.0. The van der Waals surface area contributed by atoms with Crippen molar-refractivity contribution in [3.05, 3.63) is 35.5 Å². The monoisotopic (exact) mass is 260 g/mol. The van der Waals surface area contributed by atoms with Crippen molar-refractivity contribution < 1.29 is 0 Å². The number of benzene rings is 1. The van der Waals surface area contributed by atoms with Gasteiger partial charge in [-0.2, -0.15) is 5.10 Å². The van der Waals surface area contributed by atoms with Crippen LogP contribution in [0.4, 0.5) is 5.95 Å². The zero-order valence-electron chi connectivity index (χ0n) is 9.81. The van der Waals surface area contributed by atoms with Gasteiger partial charge >= 0.3 is 0 Å². The highest BCUT2D eigenvalue weighted by Crippen LogP contribution is 2.23. The SMILES string of the molecule is Clc1ccc(-c2cnnc(NC3CCC3)n2)cc1. The standard InChI is InChI=1S/C13H13ClN4/c14-10-6-4-9(5-7-10)12-8-15-18-13(17-12)16-11-2-1-3-11/h4-8,11H,1-3H2,(H,16,17,18). The Morgan fingerprint density at radius 1 is 1.17 bits per heavy atom. The van der Waals surface area contributed by atoms with Gasteiger partial charge in [0.05, 0.1) is 11.9 Å². The van der Waals surface area contributed by atoms with E-state index >= 15 is 0 Å². The van der Waals surface area contributed by atoms with Crippen LogP contribution >= 0.6 is 11.6 Å². The van der Waals surface area contributed by atoms with Crippen molar-refractivity contribution in [2.24, 2.45) is 0 Å². The molecule has 1 fully saturated rings. The molecule has 0 saturated heterocycles. The van der Waals surface area contributed by atoms with Crippen LogP contribution in [0.25, 0.3) is 11.3 Å². The Hall–Kier alpha value is -1.68. The van der Waals surface area contributed by atoms with E-state index in [1.165, 1.54) is 19.3 Å². The van der Waals surface area contributed by atoms with E-state index in [2.05, 4.69) is 20.5 Å². The van der Waals surface area contributed by atoms with Crippen LogP contribution in [0.2, 0.25) is 5.02 Å². The number of halogens is 1. The smallest absolute Gasteiger partial charge is 0.243 e. The molecule has 0 spiro atoms. The number of aromatic nitrogens is 3. The summed E-state index contributed by atoms with van der Waals surface area (Å²) in [6.45, 7) is 0. The third kappa shape index (κ3) is 2.43. The van der Waals surface area contributed by atoms with Gasteiger partial charge < -0.3 is 5.32 Å². The third-order valence-corrected chi connectivity index (χ3v) is 3.39. The molecule has 3 rings (SSSR count). The van der Waals surface area contributed by atoms with Crippen LogP contribution in [-0.2, 0) is 0 Å². The van der Waals surface area contributed by atoms with E-state index in [4.69, 9.17) is 11.6 Å². The number of anilines is 1. The summed E-state index contributed by atoms with van der Waals surface area (Å²) in [6, 6.07) is 8.06. The van der Waals surface area contributed by atoms with Crippen LogP contribution in [-0.4, -0.2) is 21.2 Å². The molecule has 1 aliphatic carbocycles. The fraction of sp³-hybridized carbons (Fsp3) is 0.308. The van der Waals surface area contributed by atoms with Crippen LogP contribution in [0, 0.1) is 0 Å². The highest BCUT2D eigenvalue weighted by Gasteiger charge is 2.18. The first-order valence-corrected chi connectivity index (χ1v) is 6.41. The first-order chi connectivity index (χ1) is 8.81. The molecule has 5 heteroatoms. The molecule has 0 atom stereocenters. The summed E-state index contributed by atoms with van der Waals surface area (Å²) in [5.41, 5.74) is 1.80. The van der Waals surface area contributed by atoms with Gasteiger partial charge in [0, 0.05) is 16.6 Å². The van der Waals surface area contributed by atoms with Gasteiger partial charge in [-0.05, 0) is 31.4 Å². The number of hydrogen-bond donors (Lipinski definition) is 1. The highest BCUT2D eigenvalue weighted by molar-refractivity contribution is 6.30. The minimum absolute atomic E-state index is 0.507. The Morgan fingerprint density at radius 2 is 1.94 bits per heavy atom. The van der Waals surface area contributed by atoms with Crippen LogP contribution in [0.15, 0.2) is 30.5 Å². The van der Waals surface area contributed by atoms with Gasteiger partial charge in [-0.15, -0.1) is 5.10 Å². The van der Waals surface area contributed by atoms with E-state index in [0.717, 1.165) is 11.3 Å². The Kier molecular flexibility index (Phi) is 3.11. The lowest BCUT2D eigenvalue weighted by Gasteiger charge is -2.26. The van der Waals surface area contributed by atoms with Crippen molar-refractivity contribution in [2.75, 3.05) is 5.32 Å². The summed E-state index contributed by atoms with van der Waals surface area (Å²) >= 11 is 5.86.